The monoisotopic (exact) mass is 442 g/mol. The van der Waals surface area contributed by atoms with Gasteiger partial charge in [-0.3, -0.25) is 0 Å². The molecule has 158 valence electrons. The molecule has 5 nitrogen and oxygen atoms in total. The number of H-pyrrole nitrogens is 1. The smallest absolute Gasteiger partial charge is 0.297 e. The van der Waals surface area contributed by atoms with Crippen molar-refractivity contribution in [1.29, 1.82) is 0 Å². The van der Waals surface area contributed by atoms with Crippen LogP contribution >= 0.6 is 11.6 Å². The van der Waals surface area contributed by atoms with Gasteiger partial charge in [0.25, 0.3) is 5.82 Å². The number of aryl methyl sites for hydroxylation is 1. The van der Waals surface area contributed by atoms with Crippen LogP contribution in [0.25, 0.3) is 33.2 Å². The molecule has 2 heterocycles. The molecule has 0 aliphatic carbocycles. The molecule has 5 aromatic rings. The third-order valence-corrected chi connectivity index (χ3v) is 5.76. The van der Waals surface area contributed by atoms with Crippen molar-refractivity contribution in [3.8, 4) is 17.1 Å². The minimum absolute atomic E-state index is 0.665. The lowest BCUT2D eigenvalue weighted by atomic mass is 10.1. The molecule has 0 fully saturated rings. The van der Waals surface area contributed by atoms with Crippen molar-refractivity contribution in [3.05, 3.63) is 94.8 Å². The molecule has 0 saturated carbocycles. The fourth-order valence-corrected chi connectivity index (χ4v) is 3.74. The highest BCUT2D eigenvalue weighted by Crippen LogP contribution is 2.27. The lowest BCUT2D eigenvalue weighted by Gasteiger charge is -2.07. The largest absolute Gasteiger partial charge is 0.497 e. The average molecular weight is 443 g/mol. The van der Waals surface area contributed by atoms with Crippen LogP contribution in [0.1, 0.15) is 5.56 Å². The van der Waals surface area contributed by atoms with Crippen LogP contribution in [0, 0.1) is 6.92 Å². The summed E-state index contributed by atoms with van der Waals surface area (Å²) in [4.78, 5) is 3.36. The van der Waals surface area contributed by atoms with E-state index in [2.05, 4.69) is 21.6 Å². The summed E-state index contributed by atoms with van der Waals surface area (Å²) in [7, 11) is 1.65. The number of pyridine rings is 1. The van der Waals surface area contributed by atoms with Crippen molar-refractivity contribution in [3.63, 3.8) is 0 Å². The number of nitrogens with one attached hydrogen (secondary N) is 2. The number of halogens is 1. The molecule has 0 amide bonds. The zero-order chi connectivity index (χ0) is 22.1. The molecule has 0 radical (unpaired) electrons. The van der Waals surface area contributed by atoms with Crippen LogP contribution in [0.2, 0.25) is 5.02 Å². The van der Waals surface area contributed by atoms with Crippen LogP contribution in [-0.4, -0.2) is 7.11 Å². The first-order valence-electron chi connectivity index (χ1n) is 10.2. The van der Waals surface area contributed by atoms with E-state index in [0.717, 1.165) is 44.3 Å². The van der Waals surface area contributed by atoms with Gasteiger partial charge in [-0.2, -0.15) is 0 Å². The third kappa shape index (κ3) is 3.90. The van der Waals surface area contributed by atoms with Gasteiger partial charge in [0, 0.05) is 33.5 Å². The second-order valence-electron chi connectivity index (χ2n) is 7.50. The van der Waals surface area contributed by atoms with Crippen LogP contribution < -0.4 is 20.5 Å². The number of ether oxygens (including phenoxy) is 1. The summed E-state index contributed by atoms with van der Waals surface area (Å²) in [6.45, 7) is 1.95. The Morgan fingerprint density at radius 1 is 0.969 bits per heavy atom. The second kappa shape index (κ2) is 8.36. The second-order valence-corrected chi connectivity index (χ2v) is 7.91. The number of methoxy groups -OCH3 is 1. The molecule has 5 rings (SSSR count). The number of hydrogen-bond donors (Lipinski definition) is 1. The Balaban J connectivity index is 1.63. The maximum Gasteiger partial charge on any atom is 0.297 e. The van der Waals surface area contributed by atoms with Gasteiger partial charge in [-0.15, -0.1) is 5.43 Å². The molecule has 32 heavy (non-hydrogen) atoms. The van der Waals surface area contributed by atoms with Crippen LogP contribution in [0.4, 0.5) is 5.82 Å². The van der Waals surface area contributed by atoms with Gasteiger partial charge in [-0.1, -0.05) is 34.9 Å². The topological polar surface area (TPSA) is 60.9 Å². The van der Waals surface area contributed by atoms with Gasteiger partial charge in [-0.25, -0.2) is 4.98 Å². The lowest BCUT2D eigenvalue weighted by molar-refractivity contribution is -0.327. The average Bonchev–Trinajstić information content (AvgIpc) is 2.83. The molecule has 0 aliphatic heterocycles. The number of aromatic amines is 1. The fourth-order valence-electron chi connectivity index (χ4n) is 3.58. The molecular formula is C26H21ClN3O2+. The molecule has 3 aromatic carbocycles. The fraction of sp³-hybridized carbons (Fsp3) is 0.0769. The van der Waals surface area contributed by atoms with Crippen LogP contribution in [0.15, 0.2) is 88.4 Å². The Bertz CT molecular complexity index is 1510. The summed E-state index contributed by atoms with van der Waals surface area (Å²) in [5.41, 5.74) is 6.74. The maximum atomic E-state index is 6.41. The first-order valence-corrected chi connectivity index (χ1v) is 10.6. The van der Waals surface area contributed by atoms with Crippen molar-refractivity contribution < 1.29 is 14.1 Å². The number of aromatic nitrogens is 1. The predicted molar refractivity (Wildman–Crippen MR) is 128 cm³/mol. The summed E-state index contributed by atoms with van der Waals surface area (Å²) in [6.07, 6.45) is 0. The number of fused-ring (bicyclic) bond motifs is 2. The third-order valence-electron chi connectivity index (χ3n) is 5.36. The summed E-state index contributed by atoms with van der Waals surface area (Å²) in [6, 6.07) is 25.6. The van der Waals surface area contributed by atoms with E-state index in [1.807, 2.05) is 79.7 Å². The van der Waals surface area contributed by atoms with E-state index in [1.165, 1.54) is 0 Å². The number of benzene rings is 3. The lowest BCUT2D eigenvalue weighted by Crippen LogP contribution is -2.14. The summed E-state index contributed by atoms with van der Waals surface area (Å²) < 4.78 is 11.5. The van der Waals surface area contributed by atoms with E-state index in [9.17, 15) is 0 Å². The zero-order valence-electron chi connectivity index (χ0n) is 17.6. The highest BCUT2D eigenvalue weighted by molar-refractivity contribution is 6.32. The van der Waals surface area contributed by atoms with E-state index in [0.29, 0.717) is 16.4 Å². The highest BCUT2D eigenvalue weighted by atomic mass is 35.5. The number of hydrogen-bond acceptors (Lipinski definition) is 4. The maximum absolute atomic E-state index is 6.41. The minimum atomic E-state index is 0.665. The van der Waals surface area contributed by atoms with E-state index in [1.54, 1.807) is 7.11 Å². The summed E-state index contributed by atoms with van der Waals surface area (Å²) in [5.74, 6) is 2.27. The van der Waals surface area contributed by atoms with Gasteiger partial charge in [0.15, 0.2) is 0 Å². The van der Waals surface area contributed by atoms with Crippen molar-refractivity contribution in [1.82, 2.24) is 0 Å². The number of anilines is 1. The molecule has 0 saturated heterocycles. The van der Waals surface area contributed by atoms with Gasteiger partial charge < -0.3 is 9.15 Å². The summed E-state index contributed by atoms with van der Waals surface area (Å²) in [5, 5.41) is 8.02. The van der Waals surface area contributed by atoms with E-state index in [-0.39, 0.29) is 0 Å². The van der Waals surface area contributed by atoms with Gasteiger partial charge in [0.2, 0.25) is 0 Å². The van der Waals surface area contributed by atoms with Crippen LogP contribution in [0.5, 0.6) is 5.75 Å². The molecule has 2 N–H and O–H groups in total. The molecule has 0 bridgehead atoms. The predicted octanol–water partition coefficient (Wildman–Crippen LogP) is 5.97. The van der Waals surface area contributed by atoms with Gasteiger partial charge in [-0.05, 0) is 61.0 Å². The van der Waals surface area contributed by atoms with Crippen LogP contribution in [-0.2, 0) is 0 Å². The SMILES string of the molecule is COc1ccc(-c2cc(=NNc3ccc4ccccc4[nH+]3)c3cc(Cl)c(C)cc3o2)cc1. The molecule has 6 heteroatoms. The minimum Gasteiger partial charge on any atom is -0.497 e. The Morgan fingerprint density at radius 3 is 2.59 bits per heavy atom. The van der Waals surface area contributed by atoms with E-state index >= 15 is 0 Å². The number of para-hydroxylation sites is 1. The van der Waals surface area contributed by atoms with Crippen molar-refractivity contribution in [2.75, 3.05) is 12.5 Å². The Hall–Kier alpha value is -3.83. The Morgan fingerprint density at radius 2 is 1.78 bits per heavy atom. The Labute approximate surface area is 189 Å². The van der Waals surface area contributed by atoms with Gasteiger partial charge >= 0.3 is 0 Å². The standard InChI is InChI=1S/C26H20ClN3O2/c1-16-13-25-20(14-21(16)27)23(15-24(32-25)18-7-10-19(31-2)11-8-18)29-30-26-12-9-17-5-3-4-6-22(17)28-26/h3-15H,1-2H3,(H,28,30)/p+1. The zero-order valence-corrected chi connectivity index (χ0v) is 18.4. The molecule has 0 atom stereocenters. The van der Waals surface area contributed by atoms with E-state index < -0.39 is 0 Å². The first kappa shape index (κ1) is 20.1. The highest BCUT2D eigenvalue weighted by Gasteiger charge is 2.10. The molecule has 0 unspecified atom stereocenters. The molecule has 0 aliphatic rings. The molecule has 2 aromatic heterocycles. The van der Waals surface area contributed by atoms with E-state index in [4.69, 9.17) is 20.8 Å². The van der Waals surface area contributed by atoms with Crippen molar-refractivity contribution >= 4 is 39.3 Å². The van der Waals surface area contributed by atoms with Crippen molar-refractivity contribution in [2.45, 2.75) is 6.92 Å². The Kier molecular flexibility index (Phi) is 5.25. The van der Waals surface area contributed by atoms with Gasteiger partial charge in [0.1, 0.15) is 28.0 Å². The summed E-state index contributed by atoms with van der Waals surface area (Å²) >= 11 is 6.41. The molecule has 0 spiro atoms. The van der Waals surface area contributed by atoms with Gasteiger partial charge in [0.05, 0.1) is 7.11 Å². The number of rotatable bonds is 4. The van der Waals surface area contributed by atoms with Crippen LogP contribution in [0.3, 0.4) is 0 Å². The number of nitrogens with zero attached hydrogens (tertiary/aromatic N) is 1. The quantitative estimate of drug-likeness (QED) is 0.349. The van der Waals surface area contributed by atoms with Crippen molar-refractivity contribution in [2.24, 2.45) is 5.10 Å². The normalized spacial score (nSPS) is 11.8. The first-order chi connectivity index (χ1) is 15.6. The molecular weight excluding hydrogens is 422 g/mol.